The van der Waals surface area contributed by atoms with Crippen molar-refractivity contribution >= 4 is 21.6 Å². The third-order valence-electron chi connectivity index (χ3n) is 6.53. The summed E-state index contributed by atoms with van der Waals surface area (Å²) >= 11 is 0. The van der Waals surface area contributed by atoms with Crippen molar-refractivity contribution in [3.05, 3.63) is 58.7 Å². The SMILES string of the molecule is Cc1ccc(S(=O)(=O)N2CCN(c3cccc(C)c3C)CC2)cc1C(=O)N1CCOCC1. The summed E-state index contributed by atoms with van der Waals surface area (Å²) in [6, 6.07) is 11.1. The van der Waals surface area contributed by atoms with E-state index in [2.05, 4.69) is 30.9 Å². The zero-order valence-electron chi connectivity index (χ0n) is 19.0. The summed E-state index contributed by atoms with van der Waals surface area (Å²) in [5.74, 6) is -0.136. The van der Waals surface area contributed by atoms with Crippen LogP contribution >= 0.6 is 0 Å². The van der Waals surface area contributed by atoms with Gasteiger partial charge >= 0.3 is 0 Å². The fraction of sp³-hybridized carbons (Fsp3) is 0.458. The molecule has 2 heterocycles. The van der Waals surface area contributed by atoms with Crippen LogP contribution < -0.4 is 4.90 Å². The van der Waals surface area contributed by atoms with Crippen LogP contribution in [0.3, 0.4) is 0 Å². The van der Waals surface area contributed by atoms with Crippen molar-refractivity contribution < 1.29 is 17.9 Å². The first-order valence-electron chi connectivity index (χ1n) is 11.1. The molecule has 8 heteroatoms. The van der Waals surface area contributed by atoms with E-state index in [9.17, 15) is 13.2 Å². The molecule has 2 aromatic rings. The maximum absolute atomic E-state index is 13.4. The lowest BCUT2D eigenvalue weighted by Crippen LogP contribution is -2.49. The second-order valence-electron chi connectivity index (χ2n) is 8.49. The fourth-order valence-electron chi connectivity index (χ4n) is 4.33. The molecule has 2 aromatic carbocycles. The van der Waals surface area contributed by atoms with Crippen LogP contribution in [0.15, 0.2) is 41.3 Å². The highest BCUT2D eigenvalue weighted by Gasteiger charge is 2.30. The lowest BCUT2D eigenvalue weighted by atomic mass is 10.1. The van der Waals surface area contributed by atoms with E-state index in [-0.39, 0.29) is 10.8 Å². The Bertz CT molecular complexity index is 1100. The number of hydrogen-bond donors (Lipinski definition) is 0. The van der Waals surface area contributed by atoms with Gasteiger partial charge in [0.15, 0.2) is 0 Å². The molecular formula is C24H31N3O4S. The van der Waals surface area contributed by atoms with E-state index in [1.54, 1.807) is 23.1 Å². The smallest absolute Gasteiger partial charge is 0.254 e. The number of morpholine rings is 1. The number of carbonyl (C=O) groups is 1. The largest absolute Gasteiger partial charge is 0.378 e. The third kappa shape index (κ3) is 4.40. The van der Waals surface area contributed by atoms with Crippen molar-refractivity contribution in [3.63, 3.8) is 0 Å². The summed E-state index contributed by atoms with van der Waals surface area (Å²) in [7, 11) is -3.68. The quantitative estimate of drug-likeness (QED) is 0.706. The number of benzene rings is 2. The normalized spacial score (nSPS) is 18.1. The number of hydrogen-bond acceptors (Lipinski definition) is 5. The number of ether oxygens (including phenoxy) is 1. The Balaban J connectivity index is 1.51. The molecule has 0 aromatic heterocycles. The van der Waals surface area contributed by atoms with Gasteiger partial charge in [-0.25, -0.2) is 8.42 Å². The first-order valence-corrected chi connectivity index (χ1v) is 12.5. The van der Waals surface area contributed by atoms with Crippen LogP contribution in [0.2, 0.25) is 0 Å². The molecule has 0 unspecified atom stereocenters. The summed E-state index contributed by atoms with van der Waals surface area (Å²) in [6.45, 7) is 10.2. The van der Waals surface area contributed by atoms with Crippen LogP contribution in [0.25, 0.3) is 0 Å². The number of piperazine rings is 1. The van der Waals surface area contributed by atoms with E-state index < -0.39 is 10.0 Å². The van der Waals surface area contributed by atoms with Crippen molar-refractivity contribution in [2.75, 3.05) is 57.4 Å². The van der Waals surface area contributed by atoms with Crippen molar-refractivity contribution in [2.24, 2.45) is 0 Å². The predicted octanol–water partition coefficient (Wildman–Crippen LogP) is 2.60. The molecule has 1 amide bonds. The maximum Gasteiger partial charge on any atom is 0.254 e. The van der Waals surface area contributed by atoms with Crippen LogP contribution in [-0.2, 0) is 14.8 Å². The molecule has 0 radical (unpaired) electrons. The highest BCUT2D eigenvalue weighted by molar-refractivity contribution is 7.89. The molecule has 7 nitrogen and oxygen atoms in total. The van der Waals surface area contributed by atoms with Gasteiger partial charge in [0.2, 0.25) is 10.0 Å². The van der Waals surface area contributed by atoms with Gasteiger partial charge in [-0.05, 0) is 55.7 Å². The number of aryl methyl sites for hydroxylation is 2. The van der Waals surface area contributed by atoms with Crippen molar-refractivity contribution in [1.82, 2.24) is 9.21 Å². The van der Waals surface area contributed by atoms with Gasteiger partial charge in [-0.2, -0.15) is 4.31 Å². The van der Waals surface area contributed by atoms with Gasteiger partial charge in [0.1, 0.15) is 0 Å². The van der Waals surface area contributed by atoms with E-state index in [1.807, 2.05) is 13.0 Å². The van der Waals surface area contributed by atoms with Gasteiger partial charge in [-0.3, -0.25) is 4.79 Å². The number of rotatable bonds is 4. The van der Waals surface area contributed by atoms with E-state index in [4.69, 9.17) is 4.74 Å². The first kappa shape index (κ1) is 22.8. The molecule has 0 aliphatic carbocycles. The van der Waals surface area contributed by atoms with E-state index in [0.717, 1.165) is 11.3 Å². The van der Waals surface area contributed by atoms with Crippen molar-refractivity contribution in [1.29, 1.82) is 0 Å². The number of amides is 1. The Kier molecular flexibility index (Phi) is 6.55. The predicted molar refractivity (Wildman–Crippen MR) is 125 cm³/mol. The van der Waals surface area contributed by atoms with Crippen LogP contribution in [0, 0.1) is 20.8 Å². The zero-order valence-corrected chi connectivity index (χ0v) is 19.8. The minimum absolute atomic E-state index is 0.136. The number of anilines is 1. The second-order valence-corrected chi connectivity index (χ2v) is 10.4. The van der Waals surface area contributed by atoms with Gasteiger partial charge in [-0.15, -0.1) is 0 Å². The van der Waals surface area contributed by atoms with Gasteiger partial charge < -0.3 is 14.5 Å². The Labute approximate surface area is 190 Å². The summed E-state index contributed by atoms with van der Waals surface area (Å²) in [5.41, 5.74) is 4.85. The lowest BCUT2D eigenvalue weighted by Gasteiger charge is -2.36. The molecule has 2 fully saturated rings. The summed E-state index contributed by atoms with van der Waals surface area (Å²) in [6.07, 6.45) is 0. The standard InChI is InChI=1S/C24H31N3O4S/c1-18-5-4-6-23(20(18)3)25-9-11-27(12-10-25)32(29,30)21-8-7-19(2)22(17-21)24(28)26-13-15-31-16-14-26/h4-8,17H,9-16H2,1-3H3. The second kappa shape index (κ2) is 9.21. The minimum atomic E-state index is -3.68. The number of nitrogens with zero attached hydrogens (tertiary/aromatic N) is 3. The highest BCUT2D eigenvalue weighted by atomic mass is 32.2. The number of carbonyl (C=O) groups excluding carboxylic acids is 1. The Hall–Kier alpha value is -2.42. The maximum atomic E-state index is 13.4. The number of sulfonamides is 1. The molecular weight excluding hydrogens is 426 g/mol. The molecule has 4 rings (SSSR count). The Morgan fingerprint density at radius 1 is 0.875 bits per heavy atom. The molecule has 0 bridgehead atoms. The van der Waals surface area contributed by atoms with Crippen LogP contribution in [0.4, 0.5) is 5.69 Å². The average molecular weight is 458 g/mol. The molecule has 0 saturated carbocycles. The van der Waals surface area contributed by atoms with Crippen LogP contribution in [0.5, 0.6) is 0 Å². The summed E-state index contributed by atoms with van der Waals surface area (Å²) < 4.78 is 33.6. The van der Waals surface area contributed by atoms with E-state index in [0.29, 0.717) is 58.0 Å². The molecule has 32 heavy (non-hydrogen) atoms. The van der Waals surface area contributed by atoms with Gasteiger partial charge in [-0.1, -0.05) is 18.2 Å². The fourth-order valence-corrected chi connectivity index (χ4v) is 5.77. The molecule has 0 spiro atoms. The molecule has 2 aliphatic rings. The van der Waals surface area contributed by atoms with Crippen molar-refractivity contribution in [3.8, 4) is 0 Å². The van der Waals surface area contributed by atoms with Gasteiger partial charge in [0.25, 0.3) is 5.91 Å². The summed E-state index contributed by atoms with van der Waals surface area (Å²) in [5, 5.41) is 0. The van der Waals surface area contributed by atoms with Gasteiger partial charge in [0.05, 0.1) is 18.1 Å². The summed E-state index contributed by atoms with van der Waals surface area (Å²) in [4.78, 5) is 17.1. The van der Waals surface area contributed by atoms with E-state index >= 15 is 0 Å². The molecule has 0 N–H and O–H groups in total. The van der Waals surface area contributed by atoms with Crippen LogP contribution in [-0.4, -0.2) is 76.0 Å². The molecule has 0 atom stereocenters. The van der Waals surface area contributed by atoms with Gasteiger partial charge in [0, 0.05) is 50.5 Å². The third-order valence-corrected chi connectivity index (χ3v) is 8.43. The molecule has 172 valence electrons. The molecule has 2 aliphatic heterocycles. The first-order chi connectivity index (χ1) is 15.3. The molecule has 2 saturated heterocycles. The van der Waals surface area contributed by atoms with E-state index in [1.165, 1.54) is 15.4 Å². The van der Waals surface area contributed by atoms with Crippen LogP contribution in [0.1, 0.15) is 27.0 Å². The zero-order chi connectivity index (χ0) is 22.9. The Morgan fingerprint density at radius 2 is 1.56 bits per heavy atom. The Morgan fingerprint density at radius 3 is 2.25 bits per heavy atom. The average Bonchev–Trinajstić information content (AvgIpc) is 2.81. The topological polar surface area (TPSA) is 70.2 Å². The minimum Gasteiger partial charge on any atom is -0.378 e. The lowest BCUT2D eigenvalue weighted by molar-refractivity contribution is 0.0302. The van der Waals surface area contributed by atoms with Crippen molar-refractivity contribution in [2.45, 2.75) is 25.7 Å². The monoisotopic (exact) mass is 457 g/mol. The highest BCUT2D eigenvalue weighted by Crippen LogP contribution is 2.26.